The maximum Gasteiger partial charge on any atom is 0.267 e. The summed E-state index contributed by atoms with van der Waals surface area (Å²) in [5.41, 5.74) is 3.78. The van der Waals surface area contributed by atoms with Gasteiger partial charge in [0.05, 0.1) is 11.1 Å². The highest BCUT2D eigenvalue weighted by Crippen LogP contribution is 2.42. The lowest BCUT2D eigenvalue weighted by molar-refractivity contribution is 0.218. The molecule has 3 nitrogen and oxygen atoms in total. The molecule has 2 heterocycles. The molecule has 1 aliphatic carbocycles. The van der Waals surface area contributed by atoms with E-state index in [-0.39, 0.29) is 5.56 Å². The van der Waals surface area contributed by atoms with Crippen LogP contribution in [0.25, 0.3) is 15.9 Å². The minimum absolute atomic E-state index is 0.106. The van der Waals surface area contributed by atoms with Crippen molar-refractivity contribution in [3.63, 3.8) is 0 Å². The van der Waals surface area contributed by atoms with Gasteiger partial charge < -0.3 is 0 Å². The normalized spacial score (nSPS) is 16.8. The summed E-state index contributed by atoms with van der Waals surface area (Å²) in [7, 11) is 0. The Morgan fingerprint density at radius 1 is 1.23 bits per heavy atom. The predicted octanol–water partition coefficient (Wildman–Crippen LogP) is 6.80. The first-order chi connectivity index (χ1) is 14.3. The summed E-state index contributed by atoms with van der Waals surface area (Å²) >= 11 is 3.46. The van der Waals surface area contributed by atoms with Crippen LogP contribution in [-0.2, 0) is 12.8 Å². The SMILES string of the molecule is CCCCSc1nc2sc3c(c2c(=O)n1-c1ccc(C)cc1)CCC(C(C)(C)C)C3. The van der Waals surface area contributed by atoms with E-state index in [0.29, 0.717) is 11.3 Å². The zero-order chi connectivity index (χ0) is 21.5. The molecule has 0 spiro atoms. The Morgan fingerprint density at radius 3 is 2.63 bits per heavy atom. The molecule has 3 aromatic rings. The van der Waals surface area contributed by atoms with Crippen molar-refractivity contribution >= 4 is 33.3 Å². The Balaban J connectivity index is 1.86. The van der Waals surface area contributed by atoms with Crippen LogP contribution in [0.1, 0.15) is 63.0 Å². The van der Waals surface area contributed by atoms with Crippen LogP contribution in [0.15, 0.2) is 34.2 Å². The van der Waals surface area contributed by atoms with E-state index in [4.69, 9.17) is 4.98 Å². The van der Waals surface area contributed by atoms with Gasteiger partial charge in [-0.05, 0) is 61.6 Å². The molecule has 1 aromatic carbocycles. The highest BCUT2D eigenvalue weighted by Gasteiger charge is 2.32. The van der Waals surface area contributed by atoms with Crippen molar-refractivity contribution < 1.29 is 0 Å². The fourth-order valence-corrected chi connectivity index (χ4v) is 6.71. The second-order valence-electron chi connectivity index (χ2n) is 9.56. The molecule has 0 aliphatic heterocycles. The fraction of sp³-hybridized carbons (Fsp3) is 0.520. The van der Waals surface area contributed by atoms with Crippen molar-refractivity contribution in [2.24, 2.45) is 11.3 Å². The summed E-state index contributed by atoms with van der Waals surface area (Å²) in [4.78, 5) is 21.2. The molecule has 30 heavy (non-hydrogen) atoms. The molecule has 160 valence electrons. The van der Waals surface area contributed by atoms with Crippen LogP contribution in [-0.4, -0.2) is 15.3 Å². The summed E-state index contributed by atoms with van der Waals surface area (Å²) in [6, 6.07) is 8.23. The highest BCUT2D eigenvalue weighted by atomic mass is 32.2. The molecule has 4 rings (SSSR count). The van der Waals surface area contributed by atoms with Crippen LogP contribution in [0.3, 0.4) is 0 Å². The van der Waals surface area contributed by atoms with Gasteiger partial charge in [-0.25, -0.2) is 4.98 Å². The topological polar surface area (TPSA) is 34.9 Å². The number of rotatable bonds is 5. The van der Waals surface area contributed by atoms with Crippen molar-refractivity contribution in [1.29, 1.82) is 0 Å². The number of unbranched alkanes of at least 4 members (excludes halogenated alkanes) is 1. The first-order valence-corrected chi connectivity index (χ1v) is 12.9. The van der Waals surface area contributed by atoms with Gasteiger partial charge in [0, 0.05) is 10.6 Å². The van der Waals surface area contributed by atoms with Gasteiger partial charge in [-0.2, -0.15) is 0 Å². The third-order valence-corrected chi connectivity index (χ3v) is 8.47. The van der Waals surface area contributed by atoms with Gasteiger partial charge in [0.1, 0.15) is 4.83 Å². The minimum Gasteiger partial charge on any atom is -0.268 e. The van der Waals surface area contributed by atoms with Gasteiger partial charge in [0.25, 0.3) is 5.56 Å². The monoisotopic (exact) mass is 440 g/mol. The predicted molar refractivity (Wildman–Crippen MR) is 131 cm³/mol. The van der Waals surface area contributed by atoms with E-state index >= 15 is 0 Å². The molecule has 0 N–H and O–H groups in total. The Labute approximate surface area is 187 Å². The average Bonchev–Trinajstić information content (AvgIpc) is 3.06. The van der Waals surface area contributed by atoms with Crippen molar-refractivity contribution in [1.82, 2.24) is 9.55 Å². The fourth-order valence-electron chi connectivity index (χ4n) is 4.27. The largest absolute Gasteiger partial charge is 0.268 e. The highest BCUT2D eigenvalue weighted by molar-refractivity contribution is 7.99. The number of fused-ring (bicyclic) bond motifs is 3. The van der Waals surface area contributed by atoms with Gasteiger partial charge >= 0.3 is 0 Å². The van der Waals surface area contributed by atoms with Crippen LogP contribution in [0.4, 0.5) is 0 Å². The van der Waals surface area contributed by atoms with Gasteiger partial charge in [0.2, 0.25) is 0 Å². The maximum absolute atomic E-state index is 13.8. The van der Waals surface area contributed by atoms with Crippen LogP contribution in [0.5, 0.6) is 0 Å². The number of aromatic nitrogens is 2. The van der Waals surface area contributed by atoms with Crippen molar-refractivity contribution in [2.45, 2.75) is 71.9 Å². The number of thioether (sulfide) groups is 1. The lowest BCUT2D eigenvalue weighted by Gasteiger charge is -2.33. The van der Waals surface area contributed by atoms with Gasteiger partial charge in [-0.15, -0.1) is 11.3 Å². The number of hydrogen-bond donors (Lipinski definition) is 0. The summed E-state index contributed by atoms with van der Waals surface area (Å²) in [6.07, 6.45) is 5.48. The number of aryl methyl sites for hydroxylation is 2. The Hall–Kier alpha value is -1.59. The lowest BCUT2D eigenvalue weighted by Crippen LogP contribution is -2.27. The summed E-state index contributed by atoms with van der Waals surface area (Å²) in [5.74, 6) is 1.65. The van der Waals surface area contributed by atoms with Crippen LogP contribution in [0.2, 0.25) is 0 Å². The minimum atomic E-state index is 0.106. The van der Waals surface area contributed by atoms with Crippen molar-refractivity contribution in [3.05, 3.63) is 50.6 Å². The smallest absolute Gasteiger partial charge is 0.267 e. The van der Waals surface area contributed by atoms with Crippen LogP contribution < -0.4 is 5.56 Å². The van der Waals surface area contributed by atoms with E-state index in [9.17, 15) is 4.79 Å². The van der Waals surface area contributed by atoms with Crippen LogP contribution in [0, 0.1) is 18.3 Å². The summed E-state index contributed by atoms with van der Waals surface area (Å²) in [6.45, 7) is 11.3. The molecule has 5 heteroatoms. The van der Waals surface area contributed by atoms with Crippen molar-refractivity contribution in [3.8, 4) is 5.69 Å². The average molecular weight is 441 g/mol. The summed E-state index contributed by atoms with van der Waals surface area (Å²) < 4.78 is 1.85. The van der Waals surface area contributed by atoms with E-state index < -0.39 is 0 Å². The zero-order valence-electron chi connectivity index (χ0n) is 18.7. The molecule has 1 unspecified atom stereocenters. The Morgan fingerprint density at radius 2 is 1.97 bits per heavy atom. The van der Waals surface area contributed by atoms with E-state index in [1.54, 1.807) is 23.1 Å². The third kappa shape index (κ3) is 4.11. The summed E-state index contributed by atoms with van der Waals surface area (Å²) in [5, 5.41) is 1.69. The van der Waals surface area contributed by atoms with E-state index in [1.807, 2.05) is 16.7 Å². The second kappa shape index (κ2) is 8.51. The maximum atomic E-state index is 13.8. The first kappa shape index (κ1) is 21.6. The molecule has 0 saturated heterocycles. The molecule has 2 aromatic heterocycles. The molecular formula is C25H32N2OS2. The molecule has 1 atom stereocenters. The molecule has 1 aliphatic rings. The number of hydrogen-bond acceptors (Lipinski definition) is 4. The molecular weight excluding hydrogens is 408 g/mol. The number of thiophene rings is 1. The quantitative estimate of drug-likeness (QED) is 0.249. The Bertz CT molecular complexity index is 1100. The van der Waals surface area contributed by atoms with E-state index in [2.05, 4.69) is 46.8 Å². The standard InChI is InChI=1S/C25H32N2OS2/c1-6-7-14-29-24-26-22-21(23(28)27(24)18-11-8-16(2)9-12-18)19-13-10-17(25(3,4)5)15-20(19)30-22/h8-9,11-12,17H,6-7,10,13-15H2,1-5H3. The van der Waals surface area contributed by atoms with E-state index in [0.717, 1.165) is 58.9 Å². The van der Waals surface area contributed by atoms with Crippen molar-refractivity contribution in [2.75, 3.05) is 5.75 Å². The molecule has 0 bridgehead atoms. The van der Waals surface area contributed by atoms with Crippen LogP contribution >= 0.6 is 23.1 Å². The second-order valence-corrected chi connectivity index (χ2v) is 11.7. The van der Waals surface area contributed by atoms with Gasteiger partial charge in [-0.1, -0.05) is 63.6 Å². The number of benzene rings is 1. The lowest BCUT2D eigenvalue weighted by atomic mass is 9.72. The third-order valence-electron chi connectivity index (χ3n) is 6.30. The first-order valence-electron chi connectivity index (χ1n) is 11.1. The van der Waals surface area contributed by atoms with Gasteiger partial charge in [0.15, 0.2) is 5.16 Å². The molecule has 0 fully saturated rings. The van der Waals surface area contributed by atoms with Gasteiger partial charge in [-0.3, -0.25) is 9.36 Å². The Kier molecular flexibility index (Phi) is 6.13. The number of nitrogens with zero attached hydrogens (tertiary/aromatic N) is 2. The zero-order valence-corrected chi connectivity index (χ0v) is 20.4. The van der Waals surface area contributed by atoms with E-state index in [1.165, 1.54) is 16.0 Å². The molecule has 0 saturated carbocycles. The molecule has 0 radical (unpaired) electrons. The molecule has 0 amide bonds.